The van der Waals surface area contributed by atoms with Crippen LogP contribution in [0.1, 0.15) is 12.8 Å². The Morgan fingerprint density at radius 1 is 1.42 bits per heavy atom. The molecule has 0 aromatic carbocycles. The van der Waals surface area contributed by atoms with Crippen LogP contribution >= 0.6 is 22.9 Å². The second-order valence-corrected chi connectivity index (χ2v) is 7.79. The van der Waals surface area contributed by atoms with Crippen LogP contribution in [0.3, 0.4) is 0 Å². The zero-order chi connectivity index (χ0) is 14.1. The van der Waals surface area contributed by atoms with Gasteiger partial charge in [-0.15, -0.1) is 11.3 Å². The Kier molecular flexibility index (Phi) is 4.17. The lowest BCUT2D eigenvalue weighted by atomic mass is 9.92. The zero-order valence-electron chi connectivity index (χ0n) is 9.76. The number of carboxylic acid groups (broad SMARTS) is 1. The van der Waals surface area contributed by atoms with Gasteiger partial charge in [0.1, 0.15) is 9.75 Å². The summed E-state index contributed by atoms with van der Waals surface area (Å²) in [4.78, 5) is 11.4. The molecule has 19 heavy (non-hydrogen) atoms. The van der Waals surface area contributed by atoms with Gasteiger partial charge >= 0.3 is 5.97 Å². The molecule has 0 radical (unpaired) electrons. The number of sulfonamides is 1. The van der Waals surface area contributed by atoms with Gasteiger partial charge in [0.25, 0.3) is 10.0 Å². The molecule has 1 aliphatic heterocycles. The summed E-state index contributed by atoms with van der Waals surface area (Å²) in [5.41, 5.74) is -1.51. The van der Waals surface area contributed by atoms with Gasteiger partial charge in [-0.1, -0.05) is 11.6 Å². The first-order valence-corrected chi connectivity index (χ1v) is 8.14. The van der Waals surface area contributed by atoms with Crippen LogP contribution in [0.15, 0.2) is 16.3 Å². The van der Waals surface area contributed by atoms with E-state index in [1.807, 2.05) is 0 Å². The van der Waals surface area contributed by atoms with Crippen LogP contribution < -0.4 is 4.72 Å². The van der Waals surface area contributed by atoms with Crippen LogP contribution in [0.25, 0.3) is 0 Å². The number of hydrogen-bond acceptors (Lipinski definition) is 5. The molecule has 0 bridgehead atoms. The molecule has 2 rings (SSSR count). The summed E-state index contributed by atoms with van der Waals surface area (Å²) >= 11 is 6.58. The third-order valence-corrected chi connectivity index (χ3v) is 6.16. The zero-order valence-corrected chi connectivity index (χ0v) is 12.1. The van der Waals surface area contributed by atoms with E-state index >= 15 is 0 Å². The van der Waals surface area contributed by atoms with Crippen molar-refractivity contribution in [1.29, 1.82) is 0 Å². The highest BCUT2D eigenvalue weighted by atomic mass is 35.5. The van der Waals surface area contributed by atoms with E-state index in [0.29, 0.717) is 4.34 Å². The molecule has 0 unspecified atom stereocenters. The molecular weight excluding hydrogens is 314 g/mol. The van der Waals surface area contributed by atoms with Gasteiger partial charge in [0.2, 0.25) is 0 Å². The van der Waals surface area contributed by atoms with E-state index in [-0.39, 0.29) is 30.3 Å². The van der Waals surface area contributed by atoms with Crippen molar-refractivity contribution in [3.63, 3.8) is 0 Å². The fourth-order valence-electron chi connectivity index (χ4n) is 1.83. The largest absolute Gasteiger partial charge is 0.480 e. The highest BCUT2D eigenvalue weighted by Crippen LogP contribution is 2.29. The molecule has 0 amide bonds. The van der Waals surface area contributed by atoms with E-state index in [4.69, 9.17) is 16.3 Å². The maximum Gasteiger partial charge on any atom is 0.325 e. The predicted molar refractivity (Wildman–Crippen MR) is 70.1 cm³/mol. The number of carbonyl (C=O) groups is 1. The first kappa shape index (κ1) is 14.7. The lowest BCUT2D eigenvalue weighted by Gasteiger charge is -2.33. The van der Waals surface area contributed by atoms with E-state index < -0.39 is 21.5 Å². The van der Waals surface area contributed by atoms with Crippen LogP contribution in [0.2, 0.25) is 4.34 Å². The van der Waals surface area contributed by atoms with Crippen LogP contribution in [-0.4, -0.2) is 38.2 Å². The van der Waals surface area contributed by atoms with Crippen LogP contribution in [0.4, 0.5) is 0 Å². The fraction of sp³-hybridized carbons (Fsp3) is 0.500. The highest BCUT2D eigenvalue weighted by Gasteiger charge is 2.44. The molecule has 1 aliphatic rings. The normalized spacial score (nSPS) is 19.2. The van der Waals surface area contributed by atoms with Gasteiger partial charge in [-0.2, -0.15) is 4.72 Å². The van der Waals surface area contributed by atoms with E-state index in [2.05, 4.69) is 4.72 Å². The average Bonchev–Trinajstić information content (AvgIpc) is 2.77. The standard InChI is InChI=1S/C10H12ClNO5S2/c11-7-1-2-8(18-7)19(15,16)12-10(9(13)14)3-5-17-6-4-10/h1-2,12H,3-6H2,(H,13,14). The Bertz CT molecular complexity index is 576. The maximum absolute atomic E-state index is 12.2. The number of ether oxygens (including phenoxy) is 1. The minimum absolute atomic E-state index is 0.00427. The Hall–Kier alpha value is -0.670. The number of thiophene rings is 1. The number of rotatable bonds is 4. The minimum Gasteiger partial charge on any atom is -0.480 e. The Balaban J connectivity index is 2.29. The maximum atomic E-state index is 12.2. The monoisotopic (exact) mass is 325 g/mol. The summed E-state index contributed by atoms with van der Waals surface area (Å²) in [7, 11) is -3.89. The molecule has 1 fully saturated rings. The highest BCUT2D eigenvalue weighted by molar-refractivity contribution is 7.91. The third-order valence-electron chi connectivity index (χ3n) is 2.90. The summed E-state index contributed by atoms with van der Waals surface area (Å²) in [6.07, 6.45) is 0.196. The van der Waals surface area contributed by atoms with E-state index in [1.54, 1.807) is 0 Å². The quantitative estimate of drug-likeness (QED) is 0.870. The molecule has 106 valence electrons. The molecule has 0 spiro atoms. The molecule has 1 aromatic rings. The van der Waals surface area contributed by atoms with Crippen LogP contribution in [-0.2, 0) is 19.6 Å². The predicted octanol–water partition coefficient (Wildman–Crippen LogP) is 1.31. The molecule has 6 nitrogen and oxygen atoms in total. The average molecular weight is 326 g/mol. The molecule has 0 saturated carbocycles. The smallest absolute Gasteiger partial charge is 0.325 e. The molecule has 0 atom stereocenters. The first-order valence-electron chi connectivity index (χ1n) is 5.46. The van der Waals surface area contributed by atoms with Gasteiger partial charge in [0.05, 0.1) is 4.34 Å². The summed E-state index contributed by atoms with van der Waals surface area (Å²) < 4.78 is 32.0. The molecule has 1 aromatic heterocycles. The van der Waals surface area contributed by atoms with Gasteiger partial charge in [-0.3, -0.25) is 4.79 Å². The molecule has 0 aliphatic carbocycles. The lowest BCUT2D eigenvalue weighted by molar-refractivity contribution is -0.147. The lowest BCUT2D eigenvalue weighted by Crippen LogP contribution is -2.57. The molecule has 2 heterocycles. The molecule has 2 N–H and O–H groups in total. The number of nitrogens with one attached hydrogen (secondary N) is 1. The van der Waals surface area contributed by atoms with Crippen molar-refractivity contribution in [2.75, 3.05) is 13.2 Å². The number of carboxylic acids is 1. The van der Waals surface area contributed by atoms with Crippen molar-refractivity contribution >= 4 is 38.9 Å². The van der Waals surface area contributed by atoms with Crippen molar-refractivity contribution in [2.24, 2.45) is 0 Å². The molecule has 1 saturated heterocycles. The van der Waals surface area contributed by atoms with Gasteiger partial charge in [0.15, 0.2) is 0 Å². The van der Waals surface area contributed by atoms with Crippen molar-refractivity contribution in [2.45, 2.75) is 22.6 Å². The molecular formula is C10H12ClNO5S2. The summed E-state index contributed by atoms with van der Waals surface area (Å²) in [5, 5.41) is 9.30. The first-order chi connectivity index (χ1) is 8.86. The fourth-order valence-corrected chi connectivity index (χ4v) is 4.73. The van der Waals surface area contributed by atoms with Gasteiger partial charge in [0, 0.05) is 26.1 Å². The van der Waals surface area contributed by atoms with E-state index in [1.165, 1.54) is 12.1 Å². The van der Waals surface area contributed by atoms with Gasteiger partial charge in [-0.05, 0) is 12.1 Å². The minimum atomic E-state index is -3.89. The second kappa shape index (κ2) is 5.37. The van der Waals surface area contributed by atoms with Crippen molar-refractivity contribution < 1.29 is 23.1 Å². The third kappa shape index (κ3) is 3.09. The van der Waals surface area contributed by atoms with E-state index in [0.717, 1.165) is 11.3 Å². The summed E-state index contributed by atoms with van der Waals surface area (Å²) in [6.45, 7) is 0.417. The molecule has 9 heteroatoms. The number of aliphatic carboxylic acids is 1. The van der Waals surface area contributed by atoms with Gasteiger partial charge < -0.3 is 9.84 Å². The Morgan fingerprint density at radius 3 is 2.53 bits per heavy atom. The second-order valence-electron chi connectivity index (χ2n) is 4.16. The van der Waals surface area contributed by atoms with Crippen LogP contribution in [0, 0.1) is 0 Å². The summed E-state index contributed by atoms with van der Waals surface area (Å²) in [5.74, 6) is -1.19. The SMILES string of the molecule is O=C(O)C1(NS(=O)(=O)c2ccc(Cl)s2)CCOCC1. The Labute approximate surface area is 119 Å². The van der Waals surface area contributed by atoms with E-state index in [9.17, 15) is 18.3 Å². The van der Waals surface area contributed by atoms with Gasteiger partial charge in [-0.25, -0.2) is 8.42 Å². The van der Waals surface area contributed by atoms with Crippen molar-refractivity contribution in [3.05, 3.63) is 16.5 Å². The van der Waals surface area contributed by atoms with Crippen LogP contribution in [0.5, 0.6) is 0 Å². The summed E-state index contributed by atoms with van der Waals surface area (Å²) in [6, 6.07) is 2.81. The van der Waals surface area contributed by atoms with Crippen molar-refractivity contribution in [3.8, 4) is 0 Å². The Morgan fingerprint density at radius 2 is 2.05 bits per heavy atom. The topological polar surface area (TPSA) is 92.7 Å². The number of hydrogen-bond donors (Lipinski definition) is 2. The number of halogens is 1. The van der Waals surface area contributed by atoms with Crippen molar-refractivity contribution in [1.82, 2.24) is 4.72 Å².